The van der Waals surface area contributed by atoms with Crippen LogP contribution in [0.3, 0.4) is 0 Å². The lowest BCUT2D eigenvalue weighted by atomic mass is 9.80. The number of nitrogens with one attached hydrogen (secondary N) is 1. The van der Waals surface area contributed by atoms with Crippen molar-refractivity contribution in [3.8, 4) is 5.75 Å². The van der Waals surface area contributed by atoms with Gasteiger partial charge in [-0.25, -0.2) is 0 Å². The number of aromatic hydroxyl groups is 1. The first-order chi connectivity index (χ1) is 8.98. The van der Waals surface area contributed by atoms with Gasteiger partial charge in [0, 0.05) is 12.1 Å². The van der Waals surface area contributed by atoms with Gasteiger partial charge in [-0.2, -0.15) is 0 Å². The number of hydrogen-bond donors (Lipinski definition) is 2. The van der Waals surface area contributed by atoms with Gasteiger partial charge in [0.1, 0.15) is 5.75 Å². The molecule has 0 radical (unpaired) electrons. The molecule has 0 atom stereocenters. The van der Waals surface area contributed by atoms with E-state index in [2.05, 4.69) is 24.2 Å². The molecule has 4 nitrogen and oxygen atoms in total. The van der Waals surface area contributed by atoms with Crippen LogP contribution in [0.2, 0.25) is 0 Å². The Bertz CT molecular complexity index is 434. The van der Waals surface area contributed by atoms with Crippen molar-refractivity contribution in [1.82, 2.24) is 10.2 Å². The van der Waals surface area contributed by atoms with Gasteiger partial charge >= 0.3 is 0 Å². The van der Waals surface area contributed by atoms with Gasteiger partial charge in [0.2, 0.25) is 0 Å². The first-order valence-corrected chi connectivity index (χ1v) is 6.74. The lowest BCUT2D eigenvalue weighted by Gasteiger charge is -2.37. The minimum atomic E-state index is -0.0693. The Morgan fingerprint density at radius 3 is 2.47 bits per heavy atom. The number of likely N-dealkylation sites (tertiary alicyclic amines) is 1. The molecule has 104 valence electrons. The van der Waals surface area contributed by atoms with Gasteiger partial charge in [0.05, 0.1) is 0 Å². The van der Waals surface area contributed by atoms with Crippen LogP contribution in [0.4, 0.5) is 0 Å². The summed E-state index contributed by atoms with van der Waals surface area (Å²) in [5.41, 5.74) is 0.786. The molecule has 1 amide bonds. The fourth-order valence-corrected chi connectivity index (χ4v) is 2.34. The lowest BCUT2D eigenvalue weighted by molar-refractivity contribution is 0.0891. The molecule has 1 saturated heterocycles. The van der Waals surface area contributed by atoms with E-state index in [1.54, 1.807) is 12.1 Å². The average Bonchev–Trinajstić information content (AvgIpc) is 2.41. The van der Waals surface area contributed by atoms with E-state index in [0.29, 0.717) is 12.1 Å². The second kappa shape index (κ2) is 5.61. The molecule has 1 aromatic carbocycles. The van der Waals surface area contributed by atoms with Gasteiger partial charge in [-0.05, 0) is 62.7 Å². The summed E-state index contributed by atoms with van der Waals surface area (Å²) >= 11 is 0. The average molecular weight is 262 g/mol. The molecule has 0 bridgehead atoms. The van der Waals surface area contributed by atoms with Crippen molar-refractivity contribution in [2.75, 3.05) is 26.7 Å². The van der Waals surface area contributed by atoms with Crippen LogP contribution in [0.25, 0.3) is 0 Å². The number of rotatable bonds is 3. The minimum absolute atomic E-state index is 0.0693. The Morgan fingerprint density at radius 1 is 1.32 bits per heavy atom. The molecule has 0 saturated carbocycles. The maximum absolute atomic E-state index is 12.0. The topological polar surface area (TPSA) is 52.6 Å². The number of nitrogens with zero attached hydrogens (tertiary/aromatic N) is 1. The zero-order chi connectivity index (χ0) is 13.9. The molecule has 2 N–H and O–H groups in total. The number of phenols is 1. The van der Waals surface area contributed by atoms with E-state index in [-0.39, 0.29) is 17.1 Å². The highest BCUT2D eigenvalue weighted by Gasteiger charge is 2.29. The highest BCUT2D eigenvalue weighted by Crippen LogP contribution is 2.29. The molecule has 4 heteroatoms. The zero-order valence-corrected chi connectivity index (χ0v) is 11.6. The van der Waals surface area contributed by atoms with Gasteiger partial charge < -0.3 is 15.3 Å². The van der Waals surface area contributed by atoms with Crippen molar-refractivity contribution in [3.05, 3.63) is 29.8 Å². The number of amides is 1. The molecule has 1 aliphatic rings. The van der Waals surface area contributed by atoms with Crippen molar-refractivity contribution in [1.29, 1.82) is 0 Å². The normalized spacial score (nSPS) is 19.1. The molecule has 2 rings (SSSR count). The monoisotopic (exact) mass is 262 g/mol. The summed E-state index contributed by atoms with van der Waals surface area (Å²) in [7, 11) is 2.13. The third kappa shape index (κ3) is 3.70. The Hall–Kier alpha value is -1.55. The number of benzene rings is 1. The summed E-state index contributed by atoms with van der Waals surface area (Å²) in [6.45, 7) is 5.12. The SMILES string of the molecule is CN1CCC(C)(CNC(=O)c2ccc(O)cc2)CC1. The van der Waals surface area contributed by atoms with E-state index in [0.717, 1.165) is 25.9 Å². The van der Waals surface area contributed by atoms with Gasteiger partial charge in [0.15, 0.2) is 0 Å². The van der Waals surface area contributed by atoms with Crippen LogP contribution in [0.1, 0.15) is 30.1 Å². The van der Waals surface area contributed by atoms with Gasteiger partial charge in [-0.15, -0.1) is 0 Å². The van der Waals surface area contributed by atoms with Crippen LogP contribution < -0.4 is 5.32 Å². The predicted octanol–water partition coefficient (Wildman–Crippen LogP) is 1.85. The second-order valence-corrected chi connectivity index (χ2v) is 5.84. The fourth-order valence-electron chi connectivity index (χ4n) is 2.34. The van der Waals surface area contributed by atoms with Crippen molar-refractivity contribution in [3.63, 3.8) is 0 Å². The predicted molar refractivity (Wildman–Crippen MR) is 75.3 cm³/mol. The van der Waals surface area contributed by atoms with Crippen molar-refractivity contribution < 1.29 is 9.90 Å². The smallest absolute Gasteiger partial charge is 0.251 e. The fraction of sp³-hybridized carbons (Fsp3) is 0.533. The van der Waals surface area contributed by atoms with Crippen molar-refractivity contribution >= 4 is 5.91 Å². The van der Waals surface area contributed by atoms with Crippen LogP contribution in [-0.4, -0.2) is 42.6 Å². The summed E-state index contributed by atoms with van der Waals surface area (Å²) in [5, 5.41) is 12.2. The summed E-state index contributed by atoms with van der Waals surface area (Å²) in [4.78, 5) is 14.3. The molecule has 0 aliphatic carbocycles. The maximum Gasteiger partial charge on any atom is 0.251 e. The van der Waals surface area contributed by atoms with Crippen LogP contribution in [-0.2, 0) is 0 Å². The third-order valence-corrected chi connectivity index (χ3v) is 4.00. The van der Waals surface area contributed by atoms with Crippen LogP contribution in [0.5, 0.6) is 5.75 Å². The van der Waals surface area contributed by atoms with E-state index >= 15 is 0 Å². The van der Waals surface area contributed by atoms with Gasteiger partial charge in [0.25, 0.3) is 5.91 Å². The number of piperidine rings is 1. The Labute approximate surface area is 114 Å². The number of phenolic OH excluding ortho intramolecular Hbond substituents is 1. The molecule has 19 heavy (non-hydrogen) atoms. The summed E-state index contributed by atoms with van der Waals surface area (Å²) in [5.74, 6) is 0.110. The van der Waals surface area contributed by atoms with Crippen LogP contribution >= 0.6 is 0 Å². The standard InChI is InChI=1S/C15H22N2O2/c1-15(7-9-17(2)10-8-15)11-16-14(19)12-3-5-13(18)6-4-12/h3-6,18H,7-11H2,1-2H3,(H,16,19). The van der Waals surface area contributed by atoms with Crippen LogP contribution in [0, 0.1) is 5.41 Å². The van der Waals surface area contributed by atoms with E-state index in [1.807, 2.05) is 0 Å². The summed E-state index contributed by atoms with van der Waals surface area (Å²) in [6.07, 6.45) is 2.22. The Morgan fingerprint density at radius 2 is 1.89 bits per heavy atom. The first-order valence-electron chi connectivity index (χ1n) is 6.74. The molecule has 1 aliphatic heterocycles. The van der Waals surface area contributed by atoms with Crippen LogP contribution in [0.15, 0.2) is 24.3 Å². The van der Waals surface area contributed by atoms with Crippen molar-refractivity contribution in [2.45, 2.75) is 19.8 Å². The highest BCUT2D eigenvalue weighted by atomic mass is 16.3. The Balaban J connectivity index is 1.88. The quantitative estimate of drug-likeness (QED) is 0.874. The molecule has 1 heterocycles. The van der Waals surface area contributed by atoms with E-state index in [4.69, 9.17) is 0 Å². The largest absolute Gasteiger partial charge is 0.508 e. The molecule has 1 aromatic rings. The number of carbonyl (C=O) groups excluding carboxylic acids is 1. The van der Waals surface area contributed by atoms with Gasteiger partial charge in [-0.3, -0.25) is 4.79 Å². The third-order valence-electron chi connectivity index (χ3n) is 4.00. The summed E-state index contributed by atoms with van der Waals surface area (Å²) in [6, 6.07) is 6.35. The Kier molecular flexibility index (Phi) is 4.10. The van der Waals surface area contributed by atoms with Crippen molar-refractivity contribution in [2.24, 2.45) is 5.41 Å². The van der Waals surface area contributed by atoms with E-state index in [1.165, 1.54) is 12.1 Å². The van der Waals surface area contributed by atoms with Gasteiger partial charge in [-0.1, -0.05) is 6.92 Å². The highest BCUT2D eigenvalue weighted by molar-refractivity contribution is 5.94. The minimum Gasteiger partial charge on any atom is -0.508 e. The zero-order valence-electron chi connectivity index (χ0n) is 11.6. The molecule has 1 fully saturated rings. The second-order valence-electron chi connectivity index (χ2n) is 5.84. The maximum atomic E-state index is 12.0. The molecule has 0 aromatic heterocycles. The number of carbonyl (C=O) groups is 1. The molecule has 0 spiro atoms. The molecule has 0 unspecified atom stereocenters. The molecular formula is C15H22N2O2. The van der Waals surface area contributed by atoms with E-state index in [9.17, 15) is 9.90 Å². The molecular weight excluding hydrogens is 240 g/mol. The first kappa shape index (κ1) is 13.9. The van der Waals surface area contributed by atoms with E-state index < -0.39 is 0 Å². The summed E-state index contributed by atoms with van der Waals surface area (Å²) < 4.78 is 0. The lowest BCUT2D eigenvalue weighted by Crippen LogP contribution is -2.43. The number of hydrogen-bond acceptors (Lipinski definition) is 3.